The normalized spacial score (nSPS) is 10.7. The topological polar surface area (TPSA) is 12.9 Å². The molecule has 0 bridgehead atoms. The third-order valence-electron chi connectivity index (χ3n) is 1.96. The Labute approximate surface area is 89.9 Å². The Kier molecular flexibility index (Phi) is 2.26. The minimum absolute atomic E-state index is 0.784. The van der Waals surface area contributed by atoms with Gasteiger partial charge in [-0.05, 0) is 40.5 Å². The molecule has 0 saturated carbocycles. The van der Waals surface area contributed by atoms with E-state index in [4.69, 9.17) is 11.6 Å². The molecule has 2 rings (SSSR count). The number of hydrogen-bond donors (Lipinski definition) is 0. The van der Waals surface area contributed by atoms with E-state index < -0.39 is 0 Å². The smallest absolute Gasteiger partial charge is 0.0718 e. The molecule has 0 N–H and O–H groups in total. The fourth-order valence-corrected chi connectivity index (χ4v) is 1.79. The quantitative estimate of drug-likeness (QED) is 0.695. The molecule has 0 fully saturated rings. The average molecular weight is 257 g/mol. The summed E-state index contributed by atoms with van der Waals surface area (Å²) in [7, 11) is 0. The highest BCUT2D eigenvalue weighted by Crippen LogP contribution is 2.27. The first-order valence-electron chi connectivity index (χ1n) is 3.89. The van der Waals surface area contributed by atoms with Gasteiger partial charge in [0.05, 0.1) is 10.5 Å². The summed E-state index contributed by atoms with van der Waals surface area (Å²) < 4.78 is 0.951. The van der Waals surface area contributed by atoms with Gasteiger partial charge in [0.2, 0.25) is 0 Å². The first-order chi connectivity index (χ1) is 6.18. The van der Waals surface area contributed by atoms with E-state index >= 15 is 0 Å². The highest BCUT2D eigenvalue weighted by Gasteiger charge is 2.02. The van der Waals surface area contributed by atoms with Crippen molar-refractivity contribution in [2.45, 2.75) is 6.92 Å². The van der Waals surface area contributed by atoms with Gasteiger partial charge in [-0.1, -0.05) is 17.7 Å². The zero-order valence-corrected chi connectivity index (χ0v) is 9.35. The van der Waals surface area contributed by atoms with Gasteiger partial charge in [-0.2, -0.15) is 0 Å². The van der Waals surface area contributed by atoms with Crippen LogP contribution in [-0.4, -0.2) is 4.98 Å². The monoisotopic (exact) mass is 255 g/mol. The summed E-state index contributed by atoms with van der Waals surface area (Å²) in [6, 6.07) is 5.94. The summed E-state index contributed by atoms with van der Waals surface area (Å²) in [6.45, 7) is 1.99. The molecule has 1 nitrogen and oxygen atoms in total. The van der Waals surface area contributed by atoms with Gasteiger partial charge in [0.15, 0.2) is 0 Å². The minimum Gasteiger partial charge on any atom is -0.255 e. The van der Waals surface area contributed by atoms with Gasteiger partial charge < -0.3 is 0 Å². The van der Waals surface area contributed by atoms with Crippen LogP contribution in [0.15, 0.2) is 28.9 Å². The van der Waals surface area contributed by atoms with E-state index in [1.54, 1.807) is 6.20 Å². The Balaban J connectivity index is 2.89. The van der Waals surface area contributed by atoms with Crippen molar-refractivity contribution < 1.29 is 0 Å². The molecule has 1 aromatic carbocycles. The Morgan fingerprint density at radius 3 is 2.92 bits per heavy atom. The second kappa shape index (κ2) is 3.28. The molecule has 0 unspecified atom stereocenters. The Bertz CT molecular complexity index is 462. The predicted octanol–water partition coefficient (Wildman–Crippen LogP) is 3.96. The molecule has 66 valence electrons. The van der Waals surface area contributed by atoms with Gasteiger partial charge in [0.1, 0.15) is 0 Å². The summed E-state index contributed by atoms with van der Waals surface area (Å²) >= 11 is 9.51. The van der Waals surface area contributed by atoms with E-state index in [0.717, 1.165) is 26.0 Å². The third-order valence-corrected chi connectivity index (χ3v) is 2.89. The number of nitrogens with zero attached hydrogens (tertiary/aromatic N) is 1. The number of aromatic nitrogens is 1. The van der Waals surface area contributed by atoms with E-state index in [-0.39, 0.29) is 0 Å². The lowest BCUT2D eigenvalue weighted by Gasteiger charge is -2.02. The van der Waals surface area contributed by atoms with Gasteiger partial charge in [0, 0.05) is 16.1 Å². The van der Waals surface area contributed by atoms with Crippen LogP contribution in [0.3, 0.4) is 0 Å². The number of fused-ring (bicyclic) bond motifs is 1. The molecule has 0 saturated heterocycles. The van der Waals surface area contributed by atoms with Crippen molar-refractivity contribution in [3.05, 3.63) is 39.5 Å². The van der Waals surface area contributed by atoms with Crippen molar-refractivity contribution in [3.8, 4) is 0 Å². The number of aryl methyl sites for hydroxylation is 1. The summed E-state index contributed by atoms with van der Waals surface area (Å²) in [6.07, 6.45) is 1.77. The zero-order chi connectivity index (χ0) is 9.42. The average Bonchev–Trinajstić information content (AvgIpc) is 2.12. The van der Waals surface area contributed by atoms with E-state index in [1.807, 2.05) is 25.1 Å². The number of benzene rings is 1. The van der Waals surface area contributed by atoms with E-state index in [9.17, 15) is 0 Å². The second-order valence-electron chi connectivity index (χ2n) is 2.92. The Morgan fingerprint density at radius 1 is 1.38 bits per heavy atom. The van der Waals surface area contributed by atoms with Gasteiger partial charge >= 0.3 is 0 Å². The molecule has 0 spiro atoms. The van der Waals surface area contributed by atoms with Crippen molar-refractivity contribution in [3.63, 3.8) is 0 Å². The second-order valence-corrected chi connectivity index (χ2v) is 4.21. The molecule has 0 atom stereocenters. The molecule has 2 aromatic rings. The lowest BCUT2D eigenvalue weighted by Crippen LogP contribution is -1.82. The van der Waals surface area contributed by atoms with Crippen LogP contribution in [0.5, 0.6) is 0 Å². The van der Waals surface area contributed by atoms with Crippen molar-refractivity contribution >= 4 is 38.4 Å². The third kappa shape index (κ3) is 1.56. The molecule has 1 heterocycles. The maximum Gasteiger partial charge on any atom is 0.0718 e. The predicted molar refractivity (Wildman–Crippen MR) is 59.2 cm³/mol. The maximum atomic E-state index is 6.14. The van der Waals surface area contributed by atoms with Crippen LogP contribution < -0.4 is 0 Å². The molecular formula is C10H7BrClN. The first kappa shape index (κ1) is 8.97. The molecule has 1 aromatic heterocycles. The molecular weight excluding hydrogens is 249 g/mol. The van der Waals surface area contributed by atoms with Crippen LogP contribution in [0.4, 0.5) is 0 Å². The summed E-state index contributed by atoms with van der Waals surface area (Å²) in [5.41, 5.74) is 2.01. The number of hydrogen-bond acceptors (Lipinski definition) is 1. The lowest BCUT2D eigenvalue weighted by molar-refractivity contribution is 1.37. The SMILES string of the molecule is Cc1ccc2ncc(Br)cc2c1Cl. The van der Waals surface area contributed by atoms with Crippen LogP contribution in [0, 0.1) is 6.92 Å². The van der Waals surface area contributed by atoms with Crippen LogP contribution >= 0.6 is 27.5 Å². The molecule has 0 aliphatic heterocycles. The first-order valence-corrected chi connectivity index (χ1v) is 5.06. The summed E-state index contributed by atoms with van der Waals surface area (Å²) in [4.78, 5) is 4.25. The van der Waals surface area contributed by atoms with Gasteiger partial charge in [-0.15, -0.1) is 0 Å². The van der Waals surface area contributed by atoms with Gasteiger partial charge in [0.25, 0.3) is 0 Å². The van der Waals surface area contributed by atoms with E-state index in [2.05, 4.69) is 20.9 Å². The van der Waals surface area contributed by atoms with Gasteiger partial charge in [-0.25, -0.2) is 0 Å². The molecule has 3 heteroatoms. The Morgan fingerprint density at radius 2 is 2.15 bits per heavy atom. The lowest BCUT2D eigenvalue weighted by atomic mass is 10.1. The molecule has 0 amide bonds. The molecule has 0 aliphatic rings. The fourth-order valence-electron chi connectivity index (χ4n) is 1.25. The van der Waals surface area contributed by atoms with Crippen LogP contribution in [0.25, 0.3) is 10.9 Å². The van der Waals surface area contributed by atoms with Gasteiger partial charge in [-0.3, -0.25) is 4.98 Å². The zero-order valence-electron chi connectivity index (χ0n) is 7.01. The van der Waals surface area contributed by atoms with Crippen molar-refractivity contribution in [2.24, 2.45) is 0 Å². The maximum absolute atomic E-state index is 6.14. The molecule has 13 heavy (non-hydrogen) atoms. The molecule has 0 radical (unpaired) electrons. The number of rotatable bonds is 0. The standard InChI is InChI=1S/C10H7BrClN/c1-6-2-3-9-8(10(6)12)4-7(11)5-13-9/h2-5H,1H3. The van der Waals surface area contributed by atoms with Crippen molar-refractivity contribution in [1.82, 2.24) is 4.98 Å². The minimum atomic E-state index is 0.784. The Hall–Kier alpha value is -0.600. The highest BCUT2D eigenvalue weighted by atomic mass is 79.9. The van der Waals surface area contributed by atoms with Crippen LogP contribution in [0.1, 0.15) is 5.56 Å². The largest absolute Gasteiger partial charge is 0.255 e. The fraction of sp³-hybridized carbons (Fsp3) is 0.100. The highest BCUT2D eigenvalue weighted by molar-refractivity contribution is 9.10. The van der Waals surface area contributed by atoms with Crippen molar-refractivity contribution in [2.75, 3.05) is 0 Å². The summed E-state index contributed by atoms with van der Waals surface area (Å²) in [5, 5.41) is 1.78. The van der Waals surface area contributed by atoms with Crippen LogP contribution in [0.2, 0.25) is 5.02 Å². The summed E-state index contributed by atoms with van der Waals surface area (Å²) in [5.74, 6) is 0. The van der Waals surface area contributed by atoms with E-state index in [1.165, 1.54) is 0 Å². The van der Waals surface area contributed by atoms with Crippen LogP contribution in [-0.2, 0) is 0 Å². The number of halogens is 2. The molecule has 0 aliphatic carbocycles. The van der Waals surface area contributed by atoms with Crippen molar-refractivity contribution in [1.29, 1.82) is 0 Å². The van der Waals surface area contributed by atoms with E-state index in [0.29, 0.717) is 0 Å². The number of pyridine rings is 1.